The van der Waals surface area contributed by atoms with Crippen molar-refractivity contribution >= 4 is 28.8 Å². The van der Waals surface area contributed by atoms with Crippen molar-refractivity contribution < 1.29 is 4.79 Å². The molecule has 114 valence electrons. The molecule has 0 atom stereocenters. The summed E-state index contributed by atoms with van der Waals surface area (Å²) >= 11 is 5.22. The second-order valence-corrected chi connectivity index (χ2v) is 6.29. The maximum atomic E-state index is 13.1. The van der Waals surface area contributed by atoms with Crippen LogP contribution in [0.5, 0.6) is 0 Å². The molecule has 0 saturated heterocycles. The Bertz CT molecular complexity index is 564. The molecule has 21 heavy (non-hydrogen) atoms. The number of carbonyl (C=O) groups excluding carboxylic acids is 1. The fourth-order valence-electron chi connectivity index (χ4n) is 3.20. The van der Waals surface area contributed by atoms with Crippen LogP contribution in [0.25, 0.3) is 0 Å². The molecule has 0 spiro atoms. The van der Waals surface area contributed by atoms with Gasteiger partial charge in [0.05, 0.1) is 10.4 Å². The maximum absolute atomic E-state index is 13.1. The SMILES string of the molecule is CCC(CC)(C(=O)N1CCCc2cc(C)ccc21)C(N)=S. The monoisotopic (exact) mass is 304 g/mol. The topological polar surface area (TPSA) is 46.3 Å². The first-order valence-corrected chi connectivity index (χ1v) is 8.08. The Labute approximate surface area is 132 Å². The van der Waals surface area contributed by atoms with Crippen LogP contribution in [0.4, 0.5) is 5.69 Å². The molecule has 0 radical (unpaired) electrons. The van der Waals surface area contributed by atoms with Crippen LogP contribution in [-0.2, 0) is 11.2 Å². The Morgan fingerprint density at radius 2 is 2.05 bits per heavy atom. The molecule has 1 aromatic carbocycles. The lowest BCUT2D eigenvalue weighted by atomic mass is 9.80. The standard InChI is InChI=1S/C17H24N2OS/c1-4-17(5-2,15(18)21)16(20)19-10-6-7-13-11-12(3)8-9-14(13)19/h8-9,11H,4-7,10H2,1-3H3,(H2,18,21). The lowest BCUT2D eigenvalue weighted by Gasteiger charge is -2.38. The zero-order valence-corrected chi connectivity index (χ0v) is 13.9. The molecule has 0 aliphatic carbocycles. The first-order chi connectivity index (χ1) is 9.96. The number of benzene rings is 1. The van der Waals surface area contributed by atoms with E-state index in [-0.39, 0.29) is 5.91 Å². The van der Waals surface area contributed by atoms with E-state index in [4.69, 9.17) is 18.0 Å². The van der Waals surface area contributed by atoms with Crippen molar-refractivity contribution in [3.05, 3.63) is 29.3 Å². The van der Waals surface area contributed by atoms with Crippen LogP contribution in [0.1, 0.15) is 44.2 Å². The maximum Gasteiger partial charge on any atom is 0.240 e. The number of nitrogens with two attached hydrogens (primary N) is 1. The minimum absolute atomic E-state index is 0.0600. The number of thiocarbonyl (C=S) groups is 1. The van der Waals surface area contributed by atoms with Gasteiger partial charge in [0, 0.05) is 12.2 Å². The molecular weight excluding hydrogens is 280 g/mol. The number of rotatable bonds is 4. The van der Waals surface area contributed by atoms with Crippen LogP contribution < -0.4 is 10.6 Å². The summed E-state index contributed by atoms with van der Waals surface area (Å²) in [5, 5.41) is 0. The van der Waals surface area contributed by atoms with Gasteiger partial charge in [-0.05, 0) is 44.2 Å². The molecule has 1 heterocycles. The number of hydrogen-bond donors (Lipinski definition) is 1. The van der Waals surface area contributed by atoms with Crippen molar-refractivity contribution in [2.24, 2.45) is 11.1 Å². The van der Waals surface area contributed by atoms with Crippen molar-refractivity contribution in [2.45, 2.75) is 46.5 Å². The molecule has 1 aliphatic heterocycles. The normalized spacial score (nSPS) is 14.7. The Kier molecular flexibility index (Phi) is 4.67. The molecular formula is C17H24N2OS. The van der Waals surface area contributed by atoms with Crippen molar-refractivity contribution in [3.63, 3.8) is 0 Å². The second kappa shape index (κ2) is 6.14. The van der Waals surface area contributed by atoms with E-state index in [9.17, 15) is 4.79 Å². The summed E-state index contributed by atoms with van der Waals surface area (Å²) in [7, 11) is 0. The minimum atomic E-state index is -0.713. The van der Waals surface area contributed by atoms with Gasteiger partial charge in [-0.2, -0.15) is 0 Å². The van der Waals surface area contributed by atoms with E-state index in [1.807, 2.05) is 18.7 Å². The summed E-state index contributed by atoms with van der Waals surface area (Å²) in [6, 6.07) is 6.29. The molecule has 0 fully saturated rings. The smallest absolute Gasteiger partial charge is 0.240 e. The average molecular weight is 304 g/mol. The molecule has 1 aliphatic rings. The molecule has 4 heteroatoms. The molecule has 1 aromatic rings. The second-order valence-electron chi connectivity index (χ2n) is 5.85. The first-order valence-electron chi connectivity index (χ1n) is 7.67. The quantitative estimate of drug-likeness (QED) is 0.868. The fraction of sp³-hybridized carbons (Fsp3) is 0.529. The predicted octanol–water partition coefficient (Wildman–Crippen LogP) is 3.37. The van der Waals surface area contributed by atoms with Gasteiger partial charge in [-0.3, -0.25) is 4.79 Å². The van der Waals surface area contributed by atoms with Crippen LogP contribution in [0.3, 0.4) is 0 Å². The van der Waals surface area contributed by atoms with Gasteiger partial charge in [0.25, 0.3) is 0 Å². The Balaban J connectivity index is 2.44. The molecule has 3 nitrogen and oxygen atoms in total. The molecule has 2 N–H and O–H groups in total. The van der Waals surface area contributed by atoms with Gasteiger partial charge in [-0.15, -0.1) is 0 Å². The summed E-state index contributed by atoms with van der Waals surface area (Å²) in [6.45, 7) is 6.80. The third-order valence-corrected chi connectivity index (χ3v) is 5.08. The summed E-state index contributed by atoms with van der Waals surface area (Å²) in [6.07, 6.45) is 3.31. The van der Waals surface area contributed by atoms with E-state index in [1.54, 1.807) is 0 Å². The third kappa shape index (κ3) is 2.69. The van der Waals surface area contributed by atoms with Crippen molar-refractivity contribution in [3.8, 4) is 0 Å². The Morgan fingerprint density at radius 1 is 1.38 bits per heavy atom. The lowest BCUT2D eigenvalue weighted by molar-refractivity contribution is -0.125. The van der Waals surface area contributed by atoms with Gasteiger partial charge in [0.15, 0.2) is 0 Å². The van der Waals surface area contributed by atoms with E-state index in [2.05, 4.69) is 25.1 Å². The van der Waals surface area contributed by atoms with Crippen LogP contribution in [0.2, 0.25) is 0 Å². The zero-order valence-electron chi connectivity index (χ0n) is 13.1. The highest BCUT2D eigenvalue weighted by Gasteiger charge is 2.42. The molecule has 0 saturated carbocycles. The van der Waals surface area contributed by atoms with Crippen molar-refractivity contribution in [1.29, 1.82) is 0 Å². The average Bonchev–Trinajstić information content (AvgIpc) is 2.47. The number of carbonyl (C=O) groups is 1. The summed E-state index contributed by atoms with van der Waals surface area (Å²) in [5.74, 6) is 0.0600. The predicted molar refractivity (Wildman–Crippen MR) is 91.7 cm³/mol. The zero-order chi connectivity index (χ0) is 15.6. The number of hydrogen-bond acceptors (Lipinski definition) is 2. The molecule has 0 bridgehead atoms. The highest BCUT2D eigenvalue weighted by Crippen LogP contribution is 2.35. The van der Waals surface area contributed by atoms with Crippen LogP contribution in [0, 0.1) is 12.3 Å². The van der Waals surface area contributed by atoms with Crippen LogP contribution in [-0.4, -0.2) is 17.4 Å². The van der Waals surface area contributed by atoms with Crippen LogP contribution in [0.15, 0.2) is 18.2 Å². The number of fused-ring (bicyclic) bond motifs is 1. The molecule has 1 amide bonds. The van der Waals surface area contributed by atoms with Gasteiger partial charge in [-0.25, -0.2) is 0 Å². The van der Waals surface area contributed by atoms with E-state index in [0.29, 0.717) is 17.8 Å². The fourth-order valence-corrected chi connectivity index (χ4v) is 3.58. The van der Waals surface area contributed by atoms with Gasteiger partial charge in [-0.1, -0.05) is 43.8 Å². The number of nitrogens with zero attached hydrogens (tertiary/aromatic N) is 1. The van der Waals surface area contributed by atoms with E-state index in [0.717, 1.165) is 25.1 Å². The number of anilines is 1. The highest BCUT2D eigenvalue weighted by molar-refractivity contribution is 7.80. The molecule has 2 rings (SSSR count). The van der Waals surface area contributed by atoms with Gasteiger partial charge >= 0.3 is 0 Å². The largest absolute Gasteiger partial charge is 0.392 e. The van der Waals surface area contributed by atoms with E-state index < -0.39 is 5.41 Å². The molecule has 0 aromatic heterocycles. The van der Waals surface area contributed by atoms with Gasteiger partial charge in [0.2, 0.25) is 5.91 Å². The summed E-state index contributed by atoms with van der Waals surface area (Å²) in [4.78, 5) is 15.3. The highest BCUT2D eigenvalue weighted by atomic mass is 32.1. The number of aryl methyl sites for hydroxylation is 2. The van der Waals surface area contributed by atoms with Crippen molar-refractivity contribution in [1.82, 2.24) is 0 Å². The van der Waals surface area contributed by atoms with Gasteiger partial charge in [0.1, 0.15) is 0 Å². The summed E-state index contributed by atoms with van der Waals surface area (Å²) < 4.78 is 0. The lowest BCUT2D eigenvalue weighted by Crippen LogP contribution is -2.51. The van der Waals surface area contributed by atoms with Crippen molar-refractivity contribution in [2.75, 3.05) is 11.4 Å². The van der Waals surface area contributed by atoms with Crippen LogP contribution >= 0.6 is 12.2 Å². The Morgan fingerprint density at radius 3 is 2.62 bits per heavy atom. The first kappa shape index (κ1) is 16.0. The summed E-state index contributed by atoms with van der Waals surface area (Å²) in [5.41, 5.74) is 8.72. The minimum Gasteiger partial charge on any atom is -0.392 e. The van der Waals surface area contributed by atoms with E-state index in [1.165, 1.54) is 11.1 Å². The van der Waals surface area contributed by atoms with E-state index >= 15 is 0 Å². The Hall–Kier alpha value is -1.42. The third-order valence-electron chi connectivity index (χ3n) is 4.69. The van der Waals surface area contributed by atoms with Gasteiger partial charge < -0.3 is 10.6 Å². The number of amides is 1. The molecule has 0 unspecified atom stereocenters.